The molecule has 9 nitrogen and oxygen atoms in total. The Labute approximate surface area is 252 Å². The number of anilines is 1. The lowest BCUT2D eigenvalue weighted by atomic mass is 10.0. The van der Waals surface area contributed by atoms with Crippen LogP contribution < -0.4 is 15.5 Å². The summed E-state index contributed by atoms with van der Waals surface area (Å²) in [5.74, 6) is -0.370. The van der Waals surface area contributed by atoms with Crippen LogP contribution in [0.1, 0.15) is 22.5 Å². The number of hydrogen-bond acceptors (Lipinski definition) is 6. The number of fused-ring (bicyclic) bond motifs is 3. The normalized spacial score (nSPS) is 11.8. The van der Waals surface area contributed by atoms with Crippen LogP contribution in [0.3, 0.4) is 0 Å². The molecule has 0 bridgehead atoms. The number of carbonyl (C=O) groups excluding carboxylic acids is 1. The van der Waals surface area contributed by atoms with E-state index in [1.54, 1.807) is 36.5 Å². The minimum absolute atomic E-state index is 0.0478. The number of benzene rings is 3. The summed E-state index contributed by atoms with van der Waals surface area (Å²) in [7, 11) is 1.65. The van der Waals surface area contributed by atoms with E-state index in [2.05, 4.69) is 15.3 Å². The lowest BCUT2D eigenvalue weighted by Crippen LogP contribution is -2.33. The third-order valence-corrected chi connectivity index (χ3v) is 7.96. The van der Waals surface area contributed by atoms with Crippen LogP contribution in [0.4, 0.5) is 10.1 Å². The molecular weight excluding hydrogens is 559 g/mol. The monoisotopic (exact) mass is 588 g/mol. The fourth-order valence-electron chi connectivity index (χ4n) is 5.65. The fraction of sp³-hybridized carbons (Fsp3) is 0.176. The fourth-order valence-corrected chi connectivity index (χ4v) is 5.65. The number of rotatable bonds is 9. The zero-order chi connectivity index (χ0) is 30.2. The second-order valence-corrected chi connectivity index (χ2v) is 10.8. The average molecular weight is 589 g/mol. The van der Waals surface area contributed by atoms with Crippen LogP contribution in [-0.2, 0) is 13.0 Å². The molecule has 0 spiro atoms. The average Bonchev–Trinajstić information content (AvgIpc) is 3.57. The zero-order valence-electron chi connectivity index (χ0n) is 24.0. The number of ether oxygens (including phenoxy) is 1. The molecule has 3 aromatic heterocycles. The summed E-state index contributed by atoms with van der Waals surface area (Å²) >= 11 is 0. The topological polar surface area (TPSA) is 94.3 Å². The van der Waals surface area contributed by atoms with Crippen molar-refractivity contribution < 1.29 is 13.9 Å². The minimum atomic E-state index is -0.629. The molecule has 0 saturated carbocycles. The van der Waals surface area contributed by atoms with E-state index in [0.717, 1.165) is 16.5 Å². The van der Waals surface area contributed by atoms with Crippen molar-refractivity contribution in [1.82, 2.24) is 24.0 Å². The Morgan fingerprint density at radius 2 is 1.89 bits per heavy atom. The quantitative estimate of drug-likeness (QED) is 0.214. The molecule has 1 amide bonds. The van der Waals surface area contributed by atoms with Crippen LogP contribution >= 0.6 is 0 Å². The molecule has 0 unspecified atom stereocenters. The third-order valence-electron chi connectivity index (χ3n) is 7.96. The summed E-state index contributed by atoms with van der Waals surface area (Å²) in [6.45, 7) is 1.53. The minimum Gasteiger partial charge on any atom is -0.451 e. The first-order chi connectivity index (χ1) is 21.5. The second kappa shape index (κ2) is 11.3. The van der Waals surface area contributed by atoms with Crippen molar-refractivity contribution in [2.45, 2.75) is 19.4 Å². The summed E-state index contributed by atoms with van der Waals surface area (Å²) in [5, 5.41) is 5.18. The van der Waals surface area contributed by atoms with Crippen molar-refractivity contribution in [3.63, 3.8) is 0 Å². The predicted octanol–water partition coefficient (Wildman–Crippen LogP) is 5.80. The van der Waals surface area contributed by atoms with Gasteiger partial charge in [0.15, 0.2) is 17.3 Å². The maximum Gasteiger partial charge on any atom is 0.259 e. The van der Waals surface area contributed by atoms with E-state index in [-0.39, 0.29) is 22.4 Å². The van der Waals surface area contributed by atoms with Crippen LogP contribution in [0.2, 0.25) is 0 Å². The standard InChI is InChI=1S/C34H29FN6O3/c1-39(15-10-24-9-4-5-11-37-24)34(43)26-20-41-28-17-22-7-2-3-8-23(22)18-29(28)44-33-30(27(35)19-25(31(33)41)32(26)42)38-12-6-14-40-16-13-36-21-40/h2-5,7-9,11,13,16-21,38H,6,10,12,14-15H2,1H3. The maximum atomic E-state index is 15.8. The van der Waals surface area contributed by atoms with Gasteiger partial charge in [-0.3, -0.25) is 14.6 Å². The lowest BCUT2D eigenvalue weighted by molar-refractivity contribution is 0.0794. The van der Waals surface area contributed by atoms with E-state index in [0.29, 0.717) is 49.4 Å². The highest BCUT2D eigenvalue weighted by atomic mass is 19.1. The van der Waals surface area contributed by atoms with E-state index < -0.39 is 17.2 Å². The van der Waals surface area contributed by atoms with Gasteiger partial charge in [0.25, 0.3) is 5.91 Å². The zero-order valence-corrected chi connectivity index (χ0v) is 24.0. The van der Waals surface area contributed by atoms with E-state index in [9.17, 15) is 9.59 Å². The van der Waals surface area contributed by atoms with Crippen LogP contribution in [0, 0.1) is 5.82 Å². The Kier molecular flexibility index (Phi) is 7.01. The van der Waals surface area contributed by atoms with Crippen molar-refractivity contribution in [2.24, 2.45) is 0 Å². The van der Waals surface area contributed by atoms with E-state index in [1.807, 2.05) is 65.4 Å². The molecule has 0 aliphatic carbocycles. The number of aryl methyl sites for hydroxylation is 1. The highest BCUT2D eigenvalue weighted by molar-refractivity contribution is 6.02. The predicted molar refractivity (Wildman–Crippen MR) is 167 cm³/mol. The number of pyridine rings is 2. The Hall–Kier alpha value is -5.51. The molecule has 10 heteroatoms. The molecule has 0 saturated heterocycles. The van der Waals surface area contributed by atoms with Gasteiger partial charge < -0.3 is 24.1 Å². The Morgan fingerprint density at radius 3 is 2.66 bits per heavy atom. The molecule has 1 N–H and O–H groups in total. The van der Waals surface area contributed by atoms with Gasteiger partial charge >= 0.3 is 0 Å². The second-order valence-electron chi connectivity index (χ2n) is 10.8. The highest BCUT2D eigenvalue weighted by Crippen LogP contribution is 2.46. The first kappa shape index (κ1) is 27.3. The van der Waals surface area contributed by atoms with Gasteiger partial charge in [0.1, 0.15) is 16.8 Å². The van der Waals surface area contributed by atoms with Crippen molar-refractivity contribution in [3.05, 3.63) is 119 Å². The third kappa shape index (κ3) is 4.94. The number of nitrogens with zero attached hydrogens (tertiary/aromatic N) is 5. The molecular formula is C34H29FN6O3. The number of likely N-dealkylation sites (N-methyl/N-ethyl adjacent to an activating group) is 1. The van der Waals surface area contributed by atoms with Gasteiger partial charge in [-0.25, -0.2) is 9.37 Å². The SMILES string of the molecule is CN(CCc1ccccn1)C(=O)c1cn2c3c(c(NCCCn4ccnc4)c(F)cc3c1=O)Oc1cc3ccccc3cc1-2. The smallest absolute Gasteiger partial charge is 0.259 e. The van der Waals surface area contributed by atoms with Gasteiger partial charge in [-0.2, -0.15) is 0 Å². The molecule has 7 rings (SSSR count). The Bertz CT molecular complexity index is 2080. The number of hydrogen-bond donors (Lipinski definition) is 1. The lowest BCUT2D eigenvalue weighted by Gasteiger charge is -2.27. The van der Waals surface area contributed by atoms with Crippen LogP contribution in [0.25, 0.3) is 27.4 Å². The maximum absolute atomic E-state index is 15.8. The summed E-state index contributed by atoms with van der Waals surface area (Å²) in [6, 6.07) is 18.5. The van der Waals surface area contributed by atoms with Gasteiger partial charge in [0, 0.05) is 63.6 Å². The van der Waals surface area contributed by atoms with Gasteiger partial charge in [-0.15, -0.1) is 0 Å². The highest BCUT2D eigenvalue weighted by Gasteiger charge is 2.29. The van der Waals surface area contributed by atoms with Crippen LogP contribution in [0.5, 0.6) is 11.5 Å². The molecule has 220 valence electrons. The number of halogens is 1. The first-order valence-electron chi connectivity index (χ1n) is 14.5. The van der Waals surface area contributed by atoms with Gasteiger partial charge in [0.05, 0.1) is 17.4 Å². The van der Waals surface area contributed by atoms with Crippen molar-refractivity contribution in [2.75, 3.05) is 25.5 Å². The molecule has 0 fully saturated rings. The van der Waals surface area contributed by atoms with Gasteiger partial charge in [0.2, 0.25) is 5.43 Å². The summed E-state index contributed by atoms with van der Waals surface area (Å²) in [5.41, 5.74) is 1.47. The molecule has 1 aliphatic rings. The van der Waals surface area contributed by atoms with Gasteiger partial charge in [-0.05, 0) is 47.5 Å². The molecule has 4 heterocycles. The van der Waals surface area contributed by atoms with E-state index >= 15 is 4.39 Å². The first-order valence-corrected chi connectivity index (χ1v) is 14.5. The van der Waals surface area contributed by atoms with Crippen molar-refractivity contribution in [1.29, 1.82) is 0 Å². The molecule has 1 aliphatic heterocycles. The van der Waals surface area contributed by atoms with E-state index in [4.69, 9.17) is 4.74 Å². The number of carbonyl (C=O) groups is 1. The number of imidazole rings is 1. The Balaban J connectivity index is 1.31. The summed E-state index contributed by atoms with van der Waals surface area (Å²) < 4.78 is 25.9. The van der Waals surface area contributed by atoms with Crippen LogP contribution in [-0.4, -0.2) is 50.0 Å². The number of nitrogens with one attached hydrogen (secondary N) is 1. The Morgan fingerprint density at radius 1 is 1.07 bits per heavy atom. The van der Waals surface area contributed by atoms with Crippen molar-refractivity contribution in [3.8, 4) is 17.2 Å². The van der Waals surface area contributed by atoms with Crippen molar-refractivity contribution >= 4 is 33.3 Å². The molecule has 44 heavy (non-hydrogen) atoms. The largest absolute Gasteiger partial charge is 0.451 e. The molecule has 0 atom stereocenters. The summed E-state index contributed by atoms with van der Waals surface area (Å²) in [6.07, 6.45) is 9.82. The van der Waals surface area contributed by atoms with E-state index in [1.165, 1.54) is 11.0 Å². The van der Waals surface area contributed by atoms with Gasteiger partial charge in [-0.1, -0.05) is 30.3 Å². The molecule has 3 aromatic carbocycles. The number of aromatic nitrogens is 4. The van der Waals surface area contributed by atoms with Crippen LogP contribution in [0.15, 0.2) is 96.6 Å². The number of amides is 1. The molecule has 6 aromatic rings. The summed E-state index contributed by atoms with van der Waals surface area (Å²) in [4.78, 5) is 37.4. The molecule has 0 radical (unpaired) electrons.